The minimum atomic E-state index is 0.0134. The van der Waals surface area contributed by atoms with E-state index in [9.17, 15) is 0 Å². The molecule has 0 rings (SSSR count). The maximum absolute atomic E-state index is 4.48. The Morgan fingerprint density at radius 1 is 1.27 bits per heavy atom. The van der Waals surface area contributed by atoms with Gasteiger partial charge in [-0.25, -0.2) is 0 Å². The maximum atomic E-state index is 4.48. The van der Waals surface area contributed by atoms with Crippen molar-refractivity contribution in [2.75, 3.05) is 14.1 Å². The lowest BCUT2D eigenvalue weighted by molar-refractivity contribution is 0.564. The van der Waals surface area contributed by atoms with Gasteiger partial charge in [0.05, 0.1) is 5.54 Å². The zero-order valence-electron chi connectivity index (χ0n) is 10.9. The number of nitrogens with zero attached hydrogens (tertiary/aromatic N) is 2. The van der Waals surface area contributed by atoms with Crippen molar-refractivity contribution >= 4 is 6.21 Å². The zero-order chi connectivity index (χ0) is 11.9. The molecular formula is C13H24N2. The van der Waals surface area contributed by atoms with Crippen LogP contribution in [0.5, 0.6) is 0 Å². The highest BCUT2D eigenvalue weighted by Gasteiger charge is 2.04. The Morgan fingerprint density at radius 3 is 2.27 bits per heavy atom. The summed E-state index contributed by atoms with van der Waals surface area (Å²) in [5.74, 6) is 0. The second kappa shape index (κ2) is 6.44. The first kappa shape index (κ1) is 13.9. The lowest BCUT2D eigenvalue weighted by Gasteiger charge is -2.11. The average molecular weight is 208 g/mol. The van der Waals surface area contributed by atoms with E-state index in [2.05, 4.69) is 38.8 Å². The van der Waals surface area contributed by atoms with Gasteiger partial charge in [0, 0.05) is 20.3 Å². The van der Waals surface area contributed by atoms with Crippen molar-refractivity contribution in [2.45, 2.75) is 39.7 Å². The molecule has 0 heterocycles. The normalized spacial score (nSPS) is 14.1. The molecule has 0 radical (unpaired) electrons. The number of allylic oxidation sites excluding steroid dienone is 3. The summed E-state index contributed by atoms with van der Waals surface area (Å²) in [6.07, 6.45) is 9.17. The summed E-state index contributed by atoms with van der Waals surface area (Å²) >= 11 is 0. The van der Waals surface area contributed by atoms with Gasteiger partial charge in [-0.15, -0.1) is 0 Å². The molecule has 0 aliphatic carbocycles. The minimum absolute atomic E-state index is 0.0134. The predicted molar refractivity (Wildman–Crippen MR) is 69.4 cm³/mol. The van der Waals surface area contributed by atoms with Gasteiger partial charge in [-0.3, -0.25) is 4.99 Å². The molecule has 0 amide bonds. The van der Waals surface area contributed by atoms with Gasteiger partial charge in [0.25, 0.3) is 0 Å². The van der Waals surface area contributed by atoms with Gasteiger partial charge in [-0.05, 0) is 45.0 Å². The van der Waals surface area contributed by atoms with Crippen LogP contribution in [0.2, 0.25) is 0 Å². The molecule has 15 heavy (non-hydrogen) atoms. The van der Waals surface area contributed by atoms with E-state index in [0.717, 1.165) is 6.42 Å². The van der Waals surface area contributed by atoms with Gasteiger partial charge in [0.15, 0.2) is 0 Å². The molecule has 0 spiro atoms. The van der Waals surface area contributed by atoms with Crippen LogP contribution in [0.1, 0.15) is 34.1 Å². The largest absolute Gasteiger partial charge is 0.383 e. The Bertz CT molecular complexity index is 252. The monoisotopic (exact) mass is 208 g/mol. The van der Waals surface area contributed by atoms with Gasteiger partial charge in [0.2, 0.25) is 0 Å². The molecule has 2 nitrogen and oxygen atoms in total. The third-order valence-corrected chi connectivity index (χ3v) is 1.72. The molecule has 0 fully saturated rings. The minimum Gasteiger partial charge on any atom is -0.383 e. The van der Waals surface area contributed by atoms with Crippen LogP contribution >= 0.6 is 0 Å². The first-order chi connectivity index (χ1) is 6.85. The molecule has 0 bridgehead atoms. The predicted octanol–water partition coefficient (Wildman–Crippen LogP) is 3.27. The van der Waals surface area contributed by atoms with Gasteiger partial charge in [-0.2, -0.15) is 0 Å². The van der Waals surface area contributed by atoms with Crippen LogP contribution < -0.4 is 0 Å². The molecule has 2 heteroatoms. The summed E-state index contributed by atoms with van der Waals surface area (Å²) in [7, 11) is 4.03. The fraction of sp³-hybridized carbons (Fsp3) is 0.615. The summed E-state index contributed by atoms with van der Waals surface area (Å²) in [4.78, 5) is 6.50. The summed E-state index contributed by atoms with van der Waals surface area (Å²) in [6.45, 7) is 8.45. The third kappa shape index (κ3) is 9.26. The Labute approximate surface area is 94.4 Å². The van der Waals surface area contributed by atoms with Crippen LogP contribution in [0.25, 0.3) is 0 Å². The third-order valence-electron chi connectivity index (χ3n) is 1.72. The van der Waals surface area contributed by atoms with Crippen LogP contribution in [0.3, 0.4) is 0 Å². The van der Waals surface area contributed by atoms with Crippen LogP contribution in [-0.2, 0) is 0 Å². The zero-order valence-corrected chi connectivity index (χ0v) is 10.9. The molecule has 0 N–H and O–H groups in total. The Hall–Kier alpha value is -1.05. The molecule has 0 atom stereocenters. The van der Waals surface area contributed by atoms with Crippen LogP contribution in [0.4, 0.5) is 0 Å². The first-order valence-electron chi connectivity index (χ1n) is 5.44. The lowest BCUT2D eigenvalue weighted by atomic mass is 10.1. The van der Waals surface area contributed by atoms with Crippen LogP contribution in [0, 0.1) is 0 Å². The van der Waals surface area contributed by atoms with E-state index in [1.54, 1.807) is 0 Å². The Balaban J connectivity index is 4.44. The Morgan fingerprint density at radius 2 is 1.87 bits per heavy atom. The van der Waals surface area contributed by atoms with Crippen LogP contribution in [-0.4, -0.2) is 30.7 Å². The Kier molecular flexibility index (Phi) is 5.99. The highest BCUT2D eigenvalue weighted by Crippen LogP contribution is 2.07. The highest BCUT2D eigenvalue weighted by molar-refractivity contribution is 5.79. The smallest absolute Gasteiger partial charge is 0.0524 e. The molecular weight excluding hydrogens is 184 g/mol. The van der Waals surface area contributed by atoms with E-state index in [4.69, 9.17) is 0 Å². The van der Waals surface area contributed by atoms with Crippen LogP contribution in [0.15, 0.2) is 28.9 Å². The van der Waals surface area contributed by atoms with E-state index >= 15 is 0 Å². The molecule has 0 aromatic heterocycles. The summed E-state index contributed by atoms with van der Waals surface area (Å²) in [5, 5.41) is 0. The van der Waals surface area contributed by atoms with Crippen molar-refractivity contribution in [2.24, 2.45) is 4.99 Å². The topological polar surface area (TPSA) is 15.6 Å². The molecule has 0 saturated heterocycles. The summed E-state index contributed by atoms with van der Waals surface area (Å²) in [5.41, 5.74) is 1.27. The average Bonchev–Trinajstić information content (AvgIpc) is 2.08. The van der Waals surface area contributed by atoms with Crippen molar-refractivity contribution in [3.05, 3.63) is 23.9 Å². The van der Waals surface area contributed by atoms with E-state index in [1.165, 1.54) is 5.57 Å². The van der Waals surface area contributed by atoms with Gasteiger partial charge in [0.1, 0.15) is 0 Å². The van der Waals surface area contributed by atoms with Crippen molar-refractivity contribution < 1.29 is 0 Å². The van der Waals surface area contributed by atoms with Gasteiger partial charge < -0.3 is 4.90 Å². The van der Waals surface area contributed by atoms with E-state index < -0.39 is 0 Å². The number of rotatable bonds is 4. The fourth-order valence-electron chi connectivity index (χ4n) is 0.867. The summed E-state index contributed by atoms with van der Waals surface area (Å²) in [6, 6.07) is 0. The first-order valence-corrected chi connectivity index (χ1v) is 5.44. The quantitative estimate of drug-likeness (QED) is 0.511. The molecule has 0 aromatic carbocycles. The summed E-state index contributed by atoms with van der Waals surface area (Å²) < 4.78 is 0. The van der Waals surface area contributed by atoms with E-state index in [0.29, 0.717) is 0 Å². The van der Waals surface area contributed by atoms with Crippen molar-refractivity contribution in [3.63, 3.8) is 0 Å². The molecule has 0 saturated carbocycles. The molecule has 86 valence electrons. The maximum Gasteiger partial charge on any atom is 0.0524 e. The van der Waals surface area contributed by atoms with Crippen molar-refractivity contribution in [1.82, 2.24) is 4.90 Å². The lowest BCUT2D eigenvalue weighted by Crippen LogP contribution is -2.09. The molecule has 0 aliphatic heterocycles. The fourth-order valence-corrected chi connectivity index (χ4v) is 0.867. The molecule has 0 unspecified atom stereocenters. The highest BCUT2D eigenvalue weighted by atomic mass is 15.0. The molecule has 0 aromatic rings. The van der Waals surface area contributed by atoms with Crippen molar-refractivity contribution in [3.8, 4) is 0 Å². The van der Waals surface area contributed by atoms with E-state index in [-0.39, 0.29) is 5.54 Å². The SMILES string of the molecule is CC/C(C=NC(C)(C)C)=C\C=C\N(C)C. The second-order valence-corrected chi connectivity index (χ2v) is 4.83. The standard InChI is InChI=1S/C13H24N2/c1-7-12(9-8-10-15(5)6)11-14-13(2,3)4/h8-11H,7H2,1-6H3/b10-8+,12-9+,14-11?. The second-order valence-electron chi connectivity index (χ2n) is 4.83. The van der Waals surface area contributed by atoms with Crippen molar-refractivity contribution in [1.29, 1.82) is 0 Å². The van der Waals surface area contributed by atoms with Gasteiger partial charge in [-0.1, -0.05) is 13.0 Å². The van der Waals surface area contributed by atoms with E-state index in [1.807, 2.05) is 37.5 Å². The molecule has 0 aliphatic rings. The van der Waals surface area contributed by atoms with Gasteiger partial charge >= 0.3 is 0 Å². The number of aliphatic imine (C=N–C) groups is 1. The number of hydrogen-bond donors (Lipinski definition) is 0. The number of hydrogen-bond acceptors (Lipinski definition) is 2.